The van der Waals surface area contributed by atoms with Crippen LogP contribution in [0.2, 0.25) is 0 Å². The van der Waals surface area contributed by atoms with E-state index in [0.717, 1.165) is 21.3 Å². The molecule has 0 spiro atoms. The van der Waals surface area contributed by atoms with E-state index in [1.165, 1.54) is 28.6 Å². The summed E-state index contributed by atoms with van der Waals surface area (Å²) in [5.74, 6) is -0.816. The molecule has 0 saturated heterocycles. The molecule has 4 heterocycles. The Morgan fingerprint density at radius 2 is 1.97 bits per heavy atom. The van der Waals surface area contributed by atoms with E-state index in [4.69, 9.17) is 18.9 Å². The molecule has 0 fully saturated rings. The number of ketones is 1. The summed E-state index contributed by atoms with van der Waals surface area (Å²) < 4.78 is 17.1. The Bertz CT molecular complexity index is 1520. The van der Waals surface area contributed by atoms with Gasteiger partial charge in [-0.1, -0.05) is 23.5 Å². The number of Topliss-reactive ketones (excluding diaryl/α,β-unsaturated/α-hetero) is 1. The molecule has 2 aliphatic rings. The summed E-state index contributed by atoms with van der Waals surface area (Å²) in [6.07, 6.45) is 1.37. The van der Waals surface area contributed by atoms with E-state index in [-0.39, 0.29) is 18.1 Å². The van der Waals surface area contributed by atoms with E-state index < -0.39 is 23.5 Å². The summed E-state index contributed by atoms with van der Waals surface area (Å²) in [5.41, 5.74) is 3.32. The third-order valence-electron chi connectivity index (χ3n) is 5.93. The van der Waals surface area contributed by atoms with E-state index in [1.807, 2.05) is 26.0 Å². The van der Waals surface area contributed by atoms with E-state index in [2.05, 4.69) is 0 Å². The van der Waals surface area contributed by atoms with Crippen molar-refractivity contribution >= 4 is 38.4 Å². The maximum atomic E-state index is 13.4. The van der Waals surface area contributed by atoms with Gasteiger partial charge in [-0.2, -0.15) is 0 Å². The first kappa shape index (κ1) is 20.5. The third-order valence-corrected chi connectivity index (χ3v) is 6.94. The first-order valence-electron chi connectivity index (χ1n) is 10.5. The predicted octanol–water partition coefficient (Wildman–Crippen LogP) is 5.02. The van der Waals surface area contributed by atoms with E-state index in [0.29, 0.717) is 22.2 Å². The second-order valence-electron chi connectivity index (χ2n) is 8.18. The second-order valence-corrected chi connectivity index (χ2v) is 9.19. The number of aliphatic hydroxyl groups excluding tert-OH is 1. The number of nitrogens with zero attached hydrogens (tertiary/aromatic N) is 2. The lowest BCUT2D eigenvalue weighted by Crippen LogP contribution is -2.31. The summed E-state index contributed by atoms with van der Waals surface area (Å²) in [5, 5.41) is 11.3. The quantitative estimate of drug-likeness (QED) is 0.415. The maximum absolute atomic E-state index is 13.4. The van der Waals surface area contributed by atoms with Gasteiger partial charge in [0.2, 0.25) is 12.6 Å². The second kappa shape index (κ2) is 7.46. The Balaban J connectivity index is 1.54. The van der Waals surface area contributed by atoms with E-state index in [9.17, 15) is 14.7 Å². The molecule has 1 atom stereocenters. The van der Waals surface area contributed by atoms with Crippen molar-refractivity contribution in [1.82, 2.24) is 4.98 Å². The molecule has 2 aromatic heterocycles. The number of furan rings is 1. The number of carbonyl (C=O) groups excluding carboxylic acids is 2. The van der Waals surface area contributed by atoms with Gasteiger partial charge in [0.15, 0.2) is 28.1 Å². The summed E-state index contributed by atoms with van der Waals surface area (Å²) in [4.78, 5) is 32.8. The van der Waals surface area contributed by atoms with Crippen LogP contribution in [0.3, 0.4) is 0 Å². The molecule has 0 radical (unpaired) electrons. The van der Waals surface area contributed by atoms with Crippen LogP contribution in [0.25, 0.3) is 10.2 Å². The molecule has 34 heavy (non-hydrogen) atoms. The molecule has 1 N–H and O–H groups in total. The molecule has 2 aromatic carbocycles. The lowest BCUT2D eigenvalue weighted by Gasteiger charge is -2.24. The largest absolute Gasteiger partial charge is 0.503 e. The summed E-state index contributed by atoms with van der Waals surface area (Å²) in [6, 6.07) is 11.3. The summed E-state index contributed by atoms with van der Waals surface area (Å²) in [7, 11) is 0. The number of hydrogen-bond donors (Lipinski definition) is 1. The Labute approximate surface area is 197 Å². The summed E-state index contributed by atoms with van der Waals surface area (Å²) in [6.45, 7) is 4.04. The topological polar surface area (TPSA) is 102 Å². The normalized spacial score (nSPS) is 17.3. The van der Waals surface area contributed by atoms with Crippen molar-refractivity contribution in [2.24, 2.45) is 0 Å². The molecule has 1 unspecified atom stereocenters. The zero-order valence-electron chi connectivity index (χ0n) is 18.2. The highest BCUT2D eigenvalue weighted by atomic mass is 32.1. The number of ether oxygens (including phenoxy) is 2. The zero-order valence-corrected chi connectivity index (χ0v) is 19.0. The van der Waals surface area contributed by atoms with E-state index in [1.54, 1.807) is 24.3 Å². The minimum absolute atomic E-state index is 0.0257. The fourth-order valence-corrected chi connectivity index (χ4v) is 5.60. The minimum Gasteiger partial charge on any atom is -0.503 e. The number of carbonyl (C=O) groups is 2. The first-order valence-corrected chi connectivity index (χ1v) is 11.4. The Morgan fingerprint density at radius 3 is 2.76 bits per heavy atom. The number of aromatic nitrogens is 1. The van der Waals surface area contributed by atoms with Crippen molar-refractivity contribution in [3.05, 3.63) is 82.5 Å². The molecule has 6 rings (SSSR count). The number of hydrogen-bond acceptors (Lipinski definition) is 8. The number of rotatable bonds is 4. The van der Waals surface area contributed by atoms with Gasteiger partial charge >= 0.3 is 0 Å². The smallest absolute Gasteiger partial charge is 0.296 e. The molecule has 2 aliphatic heterocycles. The number of amides is 1. The fraction of sp³-hybridized carbons (Fsp3) is 0.160. The van der Waals surface area contributed by atoms with Gasteiger partial charge in [-0.25, -0.2) is 4.98 Å². The standard InChI is InChI=1S/C25H18N2O6S/c1-12-8-13(2)20-18(9-12)34-25(26-20)27-21(14-5-6-15-17(10-14)33-11-32-15)19(23(29)24(27)30)22(28)16-4-3-7-31-16/h3-10,21,29H,11H2,1-2H3. The third kappa shape index (κ3) is 3.01. The first-order chi connectivity index (χ1) is 16.4. The zero-order chi connectivity index (χ0) is 23.6. The number of aryl methyl sites for hydroxylation is 2. The number of aliphatic hydroxyl groups is 1. The molecule has 9 heteroatoms. The van der Waals surface area contributed by atoms with Gasteiger partial charge in [-0.3, -0.25) is 14.5 Å². The van der Waals surface area contributed by atoms with Crippen molar-refractivity contribution < 1.29 is 28.6 Å². The van der Waals surface area contributed by atoms with Crippen LogP contribution < -0.4 is 14.4 Å². The lowest BCUT2D eigenvalue weighted by atomic mass is 9.95. The molecule has 0 bridgehead atoms. The van der Waals surface area contributed by atoms with Crippen molar-refractivity contribution in [3.63, 3.8) is 0 Å². The van der Waals surface area contributed by atoms with Crippen molar-refractivity contribution in [3.8, 4) is 11.5 Å². The van der Waals surface area contributed by atoms with Gasteiger partial charge in [0.1, 0.15) is 0 Å². The maximum Gasteiger partial charge on any atom is 0.296 e. The fourth-order valence-electron chi connectivity index (χ4n) is 4.44. The van der Waals surface area contributed by atoms with Gasteiger partial charge in [-0.05, 0) is 60.9 Å². The molecular weight excluding hydrogens is 456 g/mol. The van der Waals surface area contributed by atoms with Crippen LogP contribution in [-0.4, -0.2) is 28.6 Å². The van der Waals surface area contributed by atoms with Crippen LogP contribution in [0.5, 0.6) is 11.5 Å². The van der Waals surface area contributed by atoms with Gasteiger partial charge in [-0.15, -0.1) is 0 Å². The minimum atomic E-state index is -0.929. The predicted molar refractivity (Wildman–Crippen MR) is 125 cm³/mol. The average molecular weight is 474 g/mol. The van der Waals surface area contributed by atoms with Crippen LogP contribution in [-0.2, 0) is 4.79 Å². The molecular formula is C25H18N2O6S. The number of benzene rings is 2. The van der Waals surface area contributed by atoms with Crippen LogP contribution >= 0.6 is 11.3 Å². The van der Waals surface area contributed by atoms with Crippen LogP contribution in [0, 0.1) is 13.8 Å². The van der Waals surface area contributed by atoms with Crippen molar-refractivity contribution in [2.45, 2.75) is 19.9 Å². The molecule has 4 aromatic rings. The summed E-state index contributed by atoms with van der Waals surface area (Å²) >= 11 is 1.33. The molecule has 8 nitrogen and oxygen atoms in total. The average Bonchev–Trinajstić information content (AvgIpc) is 3.60. The van der Waals surface area contributed by atoms with Gasteiger partial charge in [0.05, 0.1) is 28.1 Å². The van der Waals surface area contributed by atoms with E-state index >= 15 is 0 Å². The number of thiazole rings is 1. The highest BCUT2D eigenvalue weighted by Crippen LogP contribution is 2.46. The van der Waals surface area contributed by atoms with Crippen molar-refractivity contribution in [1.29, 1.82) is 0 Å². The highest BCUT2D eigenvalue weighted by molar-refractivity contribution is 7.22. The molecule has 0 aliphatic carbocycles. The lowest BCUT2D eigenvalue weighted by molar-refractivity contribution is -0.117. The van der Waals surface area contributed by atoms with Crippen LogP contribution in [0.15, 0.2) is 64.5 Å². The van der Waals surface area contributed by atoms with Gasteiger partial charge in [0.25, 0.3) is 5.91 Å². The van der Waals surface area contributed by atoms with Gasteiger partial charge in [0, 0.05) is 0 Å². The molecule has 0 saturated carbocycles. The Hall–Kier alpha value is -4.11. The Kier molecular flexibility index (Phi) is 4.50. The van der Waals surface area contributed by atoms with Gasteiger partial charge < -0.3 is 19.0 Å². The van der Waals surface area contributed by atoms with Crippen LogP contribution in [0.4, 0.5) is 5.13 Å². The molecule has 1 amide bonds. The van der Waals surface area contributed by atoms with Crippen LogP contribution in [0.1, 0.15) is 33.3 Å². The SMILES string of the molecule is Cc1cc(C)c2nc(N3C(=O)C(O)=C(C(=O)c4ccco4)C3c3ccc4c(c3)OCO4)sc2c1. The monoisotopic (exact) mass is 474 g/mol. The number of anilines is 1. The highest BCUT2D eigenvalue weighted by Gasteiger charge is 2.46. The number of fused-ring (bicyclic) bond motifs is 2. The molecule has 170 valence electrons. The van der Waals surface area contributed by atoms with Crippen molar-refractivity contribution in [2.75, 3.05) is 11.7 Å². The Morgan fingerprint density at radius 1 is 1.15 bits per heavy atom.